The molecule has 0 aromatic heterocycles. The summed E-state index contributed by atoms with van der Waals surface area (Å²) in [5.74, 6) is -0.583. The van der Waals surface area contributed by atoms with E-state index in [4.69, 9.17) is 5.26 Å². The first-order chi connectivity index (χ1) is 6.64. The molecule has 2 N–H and O–H groups in total. The Morgan fingerprint density at radius 2 is 2.14 bits per heavy atom. The Bertz CT molecular complexity index is 289. The average Bonchev–Trinajstić information content (AvgIpc) is 2.13. The molecule has 5 nitrogen and oxygen atoms in total. The molecule has 1 fully saturated rings. The minimum Gasteiger partial charge on any atom is -0.358 e. The topological polar surface area (TPSA) is 82.0 Å². The number of likely N-dealkylation sites (N-methyl/N-ethyl adjacent to an activating group) is 1. The fourth-order valence-electron chi connectivity index (χ4n) is 1.34. The number of nitrogens with zero attached hydrogens (tertiary/aromatic N) is 1. The van der Waals surface area contributed by atoms with E-state index in [1.165, 1.54) is 7.05 Å². The van der Waals surface area contributed by atoms with E-state index in [1.54, 1.807) is 0 Å². The van der Waals surface area contributed by atoms with Gasteiger partial charge in [0.25, 0.3) is 0 Å². The number of amides is 2. The van der Waals surface area contributed by atoms with Gasteiger partial charge in [-0.15, -0.1) is 0 Å². The quantitative estimate of drug-likeness (QED) is 0.639. The lowest BCUT2D eigenvalue weighted by Crippen LogP contribution is -2.47. The molecule has 0 radical (unpaired) electrons. The van der Waals surface area contributed by atoms with Crippen LogP contribution in [0.3, 0.4) is 0 Å². The van der Waals surface area contributed by atoms with E-state index in [9.17, 15) is 9.59 Å². The maximum atomic E-state index is 11.5. The average molecular weight is 195 g/mol. The van der Waals surface area contributed by atoms with E-state index in [-0.39, 0.29) is 18.4 Å². The maximum Gasteiger partial charge on any atom is 0.240 e. The van der Waals surface area contributed by atoms with E-state index >= 15 is 0 Å². The van der Waals surface area contributed by atoms with E-state index in [0.29, 0.717) is 12.8 Å². The highest BCUT2D eigenvalue weighted by Crippen LogP contribution is 2.40. The Morgan fingerprint density at radius 3 is 2.50 bits per heavy atom. The second-order valence-electron chi connectivity index (χ2n) is 3.40. The van der Waals surface area contributed by atoms with Gasteiger partial charge in [0.2, 0.25) is 11.8 Å². The first-order valence-electron chi connectivity index (χ1n) is 4.55. The molecule has 0 saturated heterocycles. The van der Waals surface area contributed by atoms with Crippen LogP contribution >= 0.6 is 0 Å². The normalized spacial score (nSPS) is 17.4. The molecule has 0 unspecified atom stereocenters. The van der Waals surface area contributed by atoms with Gasteiger partial charge in [0.1, 0.15) is 5.41 Å². The van der Waals surface area contributed by atoms with Crippen LogP contribution in [0.2, 0.25) is 0 Å². The Morgan fingerprint density at radius 1 is 1.50 bits per heavy atom. The molecule has 0 aromatic rings. The molecule has 0 bridgehead atoms. The molecule has 5 heteroatoms. The van der Waals surface area contributed by atoms with Gasteiger partial charge in [0.15, 0.2) is 0 Å². The van der Waals surface area contributed by atoms with Crippen LogP contribution < -0.4 is 10.6 Å². The van der Waals surface area contributed by atoms with E-state index in [1.807, 2.05) is 6.07 Å². The Balaban J connectivity index is 2.42. The van der Waals surface area contributed by atoms with Gasteiger partial charge in [-0.3, -0.25) is 9.59 Å². The second kappa shape index (κ2) is 4.09. The van der Waals surface area contributed by atoms with Crippen LogP contribution in [0.1, 0.15) is 19.3 Å². The summed E-state index contributed by atoms with van der Waals surface area (Å²) in [5, 5.41) is 13.7. The molecular formula is C9H13N3O2. The van der Waals surface area contributed by atoms with Gasteiger partial charge < -0.3 is 10.6 Å². The van der Waals surface area contributed by atoms with Gasteiger partial charge in [0.05, 0.1) is 12.6 Å². The van der Waals surface area contributed by atoms with Crippen molar-refractivity contribution in [1.82, 2.24) is 10.6 Å². The lowest BCUT2D eigenvalue weighted by molar-refractivity contribution is -0.133. The number of rotatable bonds is 3. The number of hydrogen-bond donors (Lipinski definition) is 2. The summed E-state index contributed by atoms with van der Waals surface area (Å²) in [7, 11) is 1.50. The van der Waals surface area contributed by atoms with Crippen LogP contribution in [0, 0.1) is 16.7 Å². The van der Waals surface area contributed by atoms with Crippen molar-refractivity contribution < 1.29 is 9.59 Å². The minimum absolute atomic E-state index is 0.0568. The van der Waals surface area contributed by atoms with Crippen LogP contribution in [0.5, 0.6) is 0 Å². The molecule has 0 aliphatic heterocycles. The highest BCUT2D eigenvalue weighted by molar-refractivity contribution is 5.90. The molecule has 2 amide bonds. The zero-order chi connectivity index (χ0) is 10.6. The lowest BCUT2D eigenvalue weighted by Gasteiger charge is -2.33. The molecule has 1 aliphatic rings. The number of nitriles is 1. The lowest BCUT2D eigenvalue weighted by atomic mass is 9.69. The number of carbonyl (C=O) groups excluding carboxylic acids is 2. The zero-order valence-corrected chi connectivity index (χ0v) is 8.09. The third kappa shape index (κ3) is 1.84. The van der Waals surface area contributed by atoms with E-state index in [0.717, 1.165) is 6.42 Å². The van der Waals surface area contributed by atoms with E-state index < -0.39 is 5.41 Å². The van der Waals surface area contributed by atoms with Gasteiger partial charge in [-0.2, -0.15) is 5.26 Å². The molecule has 1 aliphatic carbocycles. The molecule has 0 aromatic carbocycles. The standard InChI is InChI=1S/C9H13N3O2/c1-11-7(13)5-12-8(14)9(6-10)3-2-4-9/h2-5H2,1H3,(H,11,13)(H,12,14). The molecule has 1 saturated carbocycles. The highest BCUT2D eigenvalue weighted by Gasteiger charge is 2.44. The Hall–Kier alpha value is -1.57. The van der Waals surface area contributed by atoms with Crippen molar-refractivity contribution in [3.8, 4) is 6.07 Å². The van der Waals surface area contributed by atoms with Crippen LogP contribution in [-0.4, -0.2) is 25.4 Å². The summed E-state index contributed by atoms with van der Waals surface area (Å²) in [4.78, 5) is 22.3. The fraction of sp³-hybridized carbons (Fsp3) is 0.667. The van der Waals surface area contributed by atoms with Gasteiger partial charge >= 0.3 is 0 Å². The van der Waals surface area contributed by atoms with Gasteiger partial charge in [-0.05, 0) is 19.3 Å². The van der Waals surface area contributed by atoms with Crippen LogP contribution in [0.25, 0.3) is 0 Å². The van der Waals surface area contributed by atoms with Crippen molar-refractivity contribution in [1.29, 1.82) is 5.26 Å². The molecule has 0 heterocycles. The van der Waals surface area contributed by atoms with Crippen LogP contribution in [-0.2, 0) is 9.59 Å². The molecule has 1 rings (SSSR count). The van der Waals surface area contributed by atoms with Gasteiger partial charge in [-0.25, -0.2) is 0 Å². The first kappa shape index (κ1) is 10.5. The summed E-state index contributed by atoms with van der Waals surface area (Å²) in [6, 6.07) is 2.01. The molecule has 0 atom stereocenters. The predicted molar refractivity (Wildman–Crippen MR) is 49.0 cm³/mol. The summed E-state index contributed by atoms with van der Waals surface area (Å²) in [5.41, 5.74) is -0.867. The van der Waals surface area contributed by atoms with Crippen LogP contribution in [0.4, 0.5) is 0 Å². The highest BCUT2D eigenvalue weighted by atomic mass is 16.2. The van der Waals surface area contributed by atoms with Crippen molar-refractivity contribution in [3.63, 3.8) is 0 Å². The van der Waals surface area contributed by atoms with Crippen molar-refractivity contribution in [2.24, 2.45) is 5.41 Å². The van der Waals surface area contributed by atoms with Crippen molar-refractivity contribution >= 4 is 11.8 Å². The summed E-state index contributed by atoms with van der Waals surface area (Å²) >= 11 is 0. The minimum atomic E-state index is -0.867. The summed E-state index contributed by atoms with van der Waals surface area (Å²) in [6.45, 7) is -0.0568. The predicted octanol–water partition coefficient (Wildman–Crippen LogP) is -0.458. The zero-order valence-electron chi connectivity index (χ0n) is 8.09. The molecule has 76 valence electrons. The van der Waals surface area contributed by atoms with Crippen LogP contribution in [0.15, 0.2) is 0 Å². The molecule has 0 spiro atoms. The monoisotopic (exact) mass is 195 g/mol. The van der Waals surface area contributed by atoms with Gasteiger partial charge in [-0.1, -0.05) is 0 Å². The van der Waals surface area contributed by atoms with Crippen molar-refractivity contribution in [2.45, 2.75) is 19.3 Å². The maximum absolute atomic E-state index is 11.5. The third-order valence-corrected chi connectivity index (χ3v) is 2.54. The summed E-state index contributed by atoms with van der Waals surface area (Å²) < 4.78 is 0. The van der Waals surface area contributed by atoms with Crippen molar-refractivity contribution in [3.05, 3.63) is 0 Å². The fourth-order valence-corrected chi connectivity index (χ4v) is 1.34. The van der Waals surface area contributed by atoms with Crippen molar-refractivity contribution in [2.75, 3.05) is 13.6 Å². The number of nitrogens with one attached hydrogen (secondary N) is 2. The number of hydrogen-bond acceptors (Lipinski definition) is 3. The smallest absolute Gasteiger partial charge is 0.240 e. The van der Waals surface area contributed by atoms with Gasteiger partial charge in [0, 0.05) is 7.05 Å². The SMILES string of the molecule is CNC(=O)CNC(=O)C1(C#N)CCC1. The Kier molecular flexibility index (Phi) is 3.07. The van der Waals surface area contributed by atoms with E-state index in [2.05, 4.69) is 10.6 Å². The number of carbonyl (C=O) groups is 2. The first-order valence-corrected chi connectivity index (χ1v) is 4.55. The third-order valence-electron chi connectivity index (χ3n) is 2.54. The summed E-state index contributed by atoms with van der Waals surface area (Å²) in [6.07, 6.45) is 2.10. The Labute approximate surface area is 82.5 Å². The second-order valence-corrected chi connectivity index (χ2v) is 3.40. The molecule has 14 heavy (non-hydrogen) atoms. The molecular weight excluding hydrogens is 182 g/mol. The largest absolute Gasteiger partial charge is 0.358 e.